The molecule has 1 heterocycles. The number of rotatable bonds is 14. The van der Waals surface area contributed by atoms with Crippen molar-refractivity contribution in [3.8, 4) is 17.2 Å². The number of hydrogen-bond acceptors (Lipinski definition) is 5. The van der Waals surface area contributed by atoms with E-state index in [-0.39, 0.29) is 0 Å². The van der Waals surface area contributed by atoms with E-state index in [9.17, 15) is 0 Å². The molecule has 0 fully saturated rings. The molecule has 3 rings (SSSR count). The largest absolute Gasteiger partial charge is 0.493 e. The van der Waals surface area contributed by atoms with E-state index in [0.29, 0.717) is 32.1 Å². The van der Waals surface area contributed by atoms with Crippen molar-refractivity contribution >= 4 is 0 Å². The third kappa shape index (κ3) is 8.19. The Kier molecular flexibility index (Phi) is 9.61. The number of aromatic nitrogens is 1. The van der Waals surface area contributed by atoms with Gasteiger partial charge in [-0.05, 0) is 56.0 Å². The molecule has 0 aliphatic carbocycles. The SMILES string of the molecule is CCCOCCOCCCc1ccc(OCCc2coc(-c3cccc(C)c3)n2)cc1. The fourth-order valence-corrected chi connectivity index (χ4v) is 3.20. The molecule has 0 aliphatic heterocycles. The Labute approximate surface area is 185 Å². The average Bonchev–Trinajstić information content (AvgIpc) is 3.26. The summed E-state index contributed by atoms with van der Waals surface area (Å²) in [6.07, 6.45) is 5.47. The van der Waals surface area contributed by atoms with Crippen molar-refractivity contribution in [1.29, 1.82) is 0 Å². The first-order valence-electron chi connectivity index (χ1n) is 11.1. The van der Waals surface area contributed by atoms with Gasteiger partial charge in [-0.3, -0.25) is 0 Å². The van der Waals surface area contributed by atoms with Crippen LogP contribution in [0.4, 0.5) is 0 Å². The fraction of sp³-hybridized carbons (Fsp3) is 0.423. The second-order valence-electron chi connectivity index (χ2n) is 7.58. The summed E-state index contributed by atoms with van der Waals surface area (Å²) in [6, 6.07) is 16.4. The molecule has 31 heavy (non-hydrogen) atoms. The Balaban J connectivity index is 1.33. The molecule has 5 heteroatoms. The molecule has 0 spiro atoms. The minimum atomic E-state index is 0.563. The molecule has 0 aliphatic rings. The monoisotopic (exact) mass is 423 g/mol. The van der Waals surface area contributed by atoms with Gasteiger partial charge in [0.2, 0.25) is 5.89 Å². The number of aryl methyl sites for hydroxylation is 2. The van der Waals surface area contributed by atoms with Gasteiger partial charge in [0.1, 0.15) is 12.0 Å². The lowest BCUT2D eigenvalue weighted by molar-refractivity contribution is 0.0472. The van der Waals surface area contributed by atoms with Crippen LogP contribution in [0.15, 0.2) is 59.2 Å². The molecule has 166 valence electrons. The molecular formula is C26H33NO4. The van der Waals surface area contributed by atoms with Crippen LogP contribution in [-0.4, -0.2) is 38.0 Å². The third-order valence-electron chi connectivity index (χ3n) is 4.84. The van der Waals surface area contributed by atoms with Gasteiger partial charge in [0.05, 0.1) is 25.5 Å². The van der Waals surface area contributed by atoms with Gasteiger partial charge >= 0.3 is 0 Å². The zero-order valence-electron chi connectivity index (χ0n) is 18.6. The molecular weight excluding hydrogens is 390 g/mol. The molecule has 0 radical (unpaired) electrons. The maximum atomic E-state index is 5.87. The van der Waals surface area contributed by atoms with E-state index >= 15 is 0 Å². The summed E-state index contributed by atoms with van der Waals surface area (Å²) < 4.78 is 22.5. The smallest absolute Gasteiger partial charge is 0.226 e. The predicted octanol–water partition coefficient (Wildman–Crippen LogP) is 5.65. The van der Waals surface area contributed by atoms with Crippen molar-refractivity contribution in [2.24, 2.45) is 0 Å². The first-order valence-corrected chi connectivity index (χ1v) is 11.1. The summed E-state index contributed by atoms with van der Waals surface area (Å²) in [5, 5.41) is 0. The lowest BCUT2D eigenvalue weighted by Crippen LogP contribution is -2.06. The normalized spacial score (nSPS) is 11.0. The first-order chi connectivity index (χ1) is 15.2. The highest BCUT2D eigenvalue weighted by Gasteiger charge is 2.07. The van der Waals surface area contributed by atoms with Gasteiger partial charge in [-0.1, -0.05) is 36.8 Å². The number of hydrogen-bond donors (Lipinski definition) is 0. The average molecular weight is 424 g/mol. The van der Waals surface area contributed by atoms with Gasteiger partial charge in [-0.2, -0.15) is 0 Å². The maximum absolute atomic E-state index is 5.87. The van der Waals surface area contributed by atoms with Gasteiger partial charge in [0.25, 0.3) is 0 Å². The summed E-state index contributed by atoms with van der Waals surface area (Å²) in [7, 11) is 0. The highest BCUT2D eigenvalue weighted by molar-refractivity contribution is 5.54. The van der Waals surface area contributed by atoms with E-state index in [4.69, 9.17) is 18.6 Å². The summed E-state index contributed by atoms with van der Waals surface area (Å²) >= 11 is 0. The van der Waals surface area contributed by atoms with Crippen molar-refractivity contribution in [2.75, 3.05) is 33.0 Å². The Bertz CT molecular complexity index is 888. The fourth-order valence-electron chi connectivity index (χ4n) is 3.20. The van der Waals surface area contributed by atoms with Crippen molar-refractivity contribution in [3.05, 3.63) is 71.6 Å². The standard InChI is InChI=1S/C26H33NO4/c1-3-14-28-17-18-29-15-5-7-22-9-11-25(12-10-22)30-16-13-24-20-31-26(27-24)23-8-4-6-21(2)19-23/h4,6,8-12,19-20H,3,5,7,13-18H2,1-2H3. The first kappa shape index (κ1) is 23.0. The predicted molar refractivity (Wildman–Crippen MR) is 123 cm³/mol. The van der Waals surface area contributed by atoms with Crippen molar-refractivity contribution < 1.29 is 18.6 Å². The molecule has 0 unspecified atom stereocenters. The number of nitrogens with zero attached hydrogens (tertiary/aromatic N) is 1. The molecule has 2 aromatic carbocycles. The molecule has 0 N–H and O–H groups in total. The van der Waals surface area contributed by atoms with Crippen LogP contribution in [0.2, 0.25) is 0 Å². The quantitative estimate of drug-likeness (QED) is 0.314. The van der Waals surface area contributed by atoms with Crippen molar-refractivity contribution in [2.45, 2.75) is 39.5 Å². The van der Waals surface area contributed by atoms with Crippen LogP contribution in [0.3, 0.4) is 0 Å². The van der Waals surface area contributed by atoms with E-state index < -0.39 is 0 Å². The number of benzene rings is 2. The Morgan fingerprint density at radius 2 is 1.68 bits per heavy atom. The third-order valence-corrected chi connectivity index (χ3v) is 4.84. The van der Waals surface area contributed by atoms with Crippen LogP contribution in [0.1, 0.15) is 36.6 Å². The molecule has 0 saturated carbocycles. The van der Waals surface area contributed by atoms with E-state index in [0.717, 1.165) is 49.5 Å². The van der Waals surface area contributed by atoms with Crippen molar-refractivity contribution in [3.63, 3.8) is 0 Å². The van der Waals surface area contributed by atoms with Gasteiger partial charge in [-0.15, -0.1) is 0 Å². The molecule has 3 aromatic rings. The lowest BCUT2D eigenvalue weighted by atomic mass is 10.1. The van der Waals surface area contributed by atoms with Gasteiger partial charge in [0.15, 0.2) is 0 Å². The summed E-state index contributed by atoms with van der Waals surface area (Å²) in [6.45, 7) is 7.65. The zero-order valence-corrected chi connectivity index (χ0v) is 18.6. The Morgan fingerprint density at radius 3 is 2.45 bits per heavy atom. The second-order valence-corrected chi connectivity index (χ2v) is 7.58. The van der Waals surface area contributed by atoms with Crippen LogP contribution < -0.4 is 4.74 Å². The Morgan fingerprint density at radius 1 is 0.871 bits per heavy atom. The second kappa shape index (κ2) is 12.9. The molecule has 0 amide bonds. The van der Waals surface area contributed by atoms with E-state index in [2.05, 4.69) is 43.1 Å². The molecule has 0 atom stereocenters. The summed E-state index contributed by atoms with van der Waals surface area (Å²) in [5.41, 5.74) is 4.37. The summed E-state index contributed by atoms with van der Waals surface area (Å²) in [4.78, 5) is 4.57. The van der Waals surface area contributed by atoms with Gasteiger partial charge in [0, 0.05) is 25.2 Å². The Hall–Kier alpha value is -2.63. The minimum absolute atomic E-state index is 0.563. The van der Waals surface area contributed by atoms with Crippen LogP contribution in [0.5, 0.6) is 5.75 Å². The van der Waals surface area contributed by atoms with Crippen LogP contribution in [0.25, 0.3) is 11.5 Å². The van der Waals surface area contributed by atoms with E-state index in [1.54, 1.807) is 6.26 Å². The molecule has 1 aromatic heterocycles. The highest BCUT2D eigenvalue weighted by atomic mass is 16.5. The van der Waals surface area contributed by atoms with E-state index in [1.165, 1.54) is 11.1 Å². The maximum Gasteiger partial charge on any atom is 0.226 e. The highest BCUT2D eigenvalue weighted by Crippen LogP contribution is 2.20. The zero-order chi connectivity index (χ0) is 21.7. The van der Waals surface area contributed by atoms with Gasteiger partial charge in [-0.25, -0.2) is 4.98 Å². The lowest BCUT2D eigenvalue weighted by Gasteiger charge is -2.07. The van der Waals surface area contributed by atoms with Crippen LogP contribution in [-0.2, 0) is 22.3 Å². The topological polar surface area (TPSA) is 53.7 Å². The number of oxazole rings is 1. The molecule has 0 saturated heterocycles. The van der Waals surface area contributed by atoms with Gasteiger partial charge < -0.3 is 18.6 Å². The molecule has 5 nitrogen and oxygen atoms in total. The minimum Gasteiger partial charge on any atom is -0.493 e. The van der Waals surface area contributed by atoms with Crippen LogP contribution >= 0.6 is 0 Å². The van der Waals surface area contributed by atoms with Crippen LogP contribution in [0, 0.1) is 6.92 Å². The van der Waals surface area contributed by atoms with Crippen molar-refractivity contribution in [1.82, 2.24) is 4.98 Å². The number of ether oxygens (including phenoxy) is 3. The summed E-state index contributed by atoms with van der Waals surface area (Å²) in [5.74, 6) is 1.52. The van der Waals surface area contributed by atoms with E-state index in [1.807, 2.05) is 24.3 Å². The molecule has 0 bridgehead atoms.